The van der Waals surface area contributed by atoms with Gasteiger partial charge in [-0.25, -0.2) is 4.79 Å². The van der Waals surface area contributed by atoms with Gasteiger partial charge < -0.3 is 9.84 Å². The highest BCUT2D eigenvalue weighted by Gasteiger charge is 2.12. The molecule has 0 aliphatic rings. The number of ether oxygens (including phenoxy) is 1. The van der Waals surface area contributed by atoms with Gasteiger partial charge in [-0.3, -0.25) is 10.3 Å². The van der Waals surface area contributed by atoms with E-state index in [1.165, 1.54) is 7.11 Å². The quantitative estimate of drug-likeness (QED) is 0.388. The molecule has 0 radical (unpaired) electrons. The van der Waals surface area contributed by atoms with Crippen LogP contribution in [0.2, 0.25) is 0 Å². The molecule has 0 aromatic heterocycles. The first kappa shape index (κ1) is 18.5. The van der Waals surface area contributed by atoms with Crippen LogP contribution in [0.4, 0.5) is 0 Å². The lowest BCUT2D eigenvalue weighted by Gasteiger charge is -2.10. The summed E-state index contributed by atoms with van der Waals surface area (Å²) in [6, 6.07) is 12.9. The van der Waals surface area contributed by atoms with Gasteiger partial charge in [-0.2, -0.15) is 0 Å². The van der Waals surface area contributed by atoms with Crippen LogP contribution in [0.5, 0.6) is 5.75 Å². The van der Waals surface area contributed by atoms with Crippen molar-refractivity contribution in [3.05, 3.63) is 68.2 Å². The number of phenols is 1. The highest BCUT2D eigenvalue weighted by Crippen LogP contribution is 2.33. The molecule has 0 unspecified atom stereocenters. The predicted molar refractivity (Wildman–Crippen MR) is 97.9 cm³/mol. The number of aromatic hydroxyl groups is 1. The zero-order chi connectivity index (χ0) is 17.5. The van der Waals surface area contributed by atoms with Gasteiger partial charge in [-0.05, 0) is 61.2 Å². The molecule has 5 nitrogen and oxygen atoms in total. The maximum absolute atomic E-state index is 11.9. The fourth-order valence-corrected chi connectivity index (χ4v) is 3.07. The molecule has 0 bridgehead atoms. The summed E-state index contributed by atoms with van der Waals surface area (Å²) in [5, 5.41) is 9.74. The van der Waals surface area contributed by atoms with E-state index in [2.05, 4.69) is 37.3 Å². The van der Waals surface area contributed by atoms with Crippen LogP contribution >= 0.6 is 31.9 Å². The SMILES string of the molecule is COC(=O)C(=Cc1cc(Br)c(O)c(Br)c1)NOCc1ccccc1. The largest absolute Gasteiger partial charge is 0.506 e. The normalized spacial score (nSPS) is 11.2. The van der Waals surface area contributed by atoms with E-state index >= 15 is 0 Å². The molecule has 2 N–H and O–H groups in total. The van der Waals surface area contributed by atoms with Gasteiger partial charge in [0, 0.05) is 0 Å². The number of benzene rings is 2. The molecule has 2 aromatic rings. The molecule has 0 saturated heterocycles. The molecule has 2 aromatic carbocycles. The third-order valence-electron chi connectivity index (χ3n) is 3.02. The number of phenolic OH excluding ortho intramolecular Hbond substituents is 1. The molecule has 126 valence electrons. The molecule has 24 heavy (non-hydrogen) atoms. The molecular formula is C17H15Br2NO4. The van der Waals surface area contributed by atoms with E-state index in [-0.39, 0.29) is 18.1 Å². The summed E-state index contributed by atoms with van der Waals surface area (Å²) in [4.78, 5) is 17.3. The number of methoxy groups -OCH3 is 1. The molecule has 0 aliphatic carbocycles. The number of carbonyl (C=O) groups excluding carboxylic acids is 1. The number of hydroxylamine groups is 1. The summed E-state index contributed by atoms with van der Waals surface area (Å²) in [6.45, 7) is 0.290. The standard InChI is InChI=1S/C17H15Br2NO4/c1-23-17(22)15(20-24-10-11-5-3-2-4-6-11)9-12-7-13(18)16(21)14(19)8-12/h2-9,20-21H,10H2,1H3. The minimum Gasteiger partial charge on any atom is -0.506 e. The van der Waals surface area contributed by atoms with Crippen molar-refractivity contribution in [3.63, 3.8) is 0 Å². The van der Waals surface area contributed by atoms with Crippen LogP contribution < -0.4 is 5.48 Å². The summed E-state index contributed by atoms with van der Waals surface area (Å²) >= 11 is 6.49. The van der Waals surface area contributed by atoms with Crippen molar-refractivity contribution >= 4 is 43.9 Å². The lowest BCUT2D eigenvalue weighted by Crippen LogP contribution is -2.21. The van der Waals surface area contributed by atoms with E-state index in [1.807, 2.05) is 30.3 Å². The van der Waals surface area contributed by atoms with Gasteiger partial charge in [0.1, 0.15) is 11.4 Å². The number of esters is 1. The van der Waals surface area contributed by atoms with Crippen molar-refractivity contribution < 1.29 is 19.5 Å². The average molecular weight is 457 g/mol. The Bertz CT molecular complexity index is 725. The second-order valence-corrected chi connectivity index (χ2v) is 6.47. The van der Waals surface area contributed by atoms with Crippen molar-refractivity contribution in [1.29, 1.82) is 0 Å². The molecule has 0 aliphatic heterocycles. The first-order valence-electron chi connectivity index (χ1n) is 6.91. The Morgan fingerprint density at radius 3 is 2.42 bits per heavy atom. The van der Waals surface area contributed by atoms with E-state index < -0.39 is 5.97 Å². The van der Waals surface area contributed by atoms with Crippen LogP contribution in [0.1, 0.15) is 11.1 Å². The first-order valence-corrected chi connectivity index (χ1v) is 8.49. The highest BCUT2D eigenvalue weighted by atomic mass is 79.9. The minimum atomic E-state index is -0.566. The zero-order valence-electron chi connectivity index (χ0n) is 12.8. The van der Waals surface area contributed by atoms with Crippen molar-refractivity contribution in [2.24, 2.45) is 0 Å². The Balaban J connectivity index is 2.14. The molecule has 0 atom stereocenters. The van der Waals surface area contributed by atoms with Crippen LogP contribution in [0.15, 0.2) is 57.1 Å². The Labute approximate surface area is 156 Å². The predicted octanol–water partition coefficient (Wildman–Crippen LogP) is 4.15. The monoisotopic (exact) mass is 455 g/mol. The number of carbonyl (C=O) groups is 1. The van der Waals surface area contributed by atoms with E-state index in [0.29, 0.717) is 14.5 Å². The fourth-order valence-electron chi connectivity index (χ4n) is 1.85. The number of hydrogen-bond donors (Lipinski definition) is 2. The van der Waals surface area contributed by atoms with Gasteiger partial charge in [0.2, 0.25) is 0 Å². The molecule has 7 heteroatoms. The highest BCUT2D eigenvalue weighted by molar-refractivity contribution is 9.11. The number of rotatable bonds is 6. The van der Waals surface area contributed by atoms with Crippen LogP contribution in [0, 0.1) is 0 Å². The van der Waals surface area contributed by atoms with Gasteiger partial charge in [0.25, 0.3) is 0 Å². The van der Waals surface area contributed by atoms with Crippen LogP contribution in [-0.4, -0.2) is 18.2 Å². The maximum atomic E-state index is 11.9. The fraction of sp³-hybridized carbons (Fsp3) is 0.118. The molecule has 2 rings (SSSR count). The van der Waals surface area contributed by atoms with Crippen LogP contribution in [-0.2, 0) is 21.0 Å². The molecular weight excluding hydrogens is 442 g/mol. The third kappa shape index (κ3) is 5.09. The molecule has 0 spiro atoms. The second-order valence-electron chi connectivity index (χ2n) is 4.76. The maximum Gasteiger partial charge on any atom is 0.356 e. The van der Waals surface area contributed by atoms with Gasteiger partial charge >= 0.3 is 5.97 Å². The Morgan fingerprint density at radius 2 is 1.83 bits per heavy atom. The van der Waals surface area contributed by atoms with E-state index in [0.717, 1.165) is 5.56 Å². The molecule has 0 fully saturated rings. The molecule has 0 heterocycles. The topological polar surface area (TPSA) is 67.8 Å². The summed E-state index contributed by atoms with van der Waals surface area (Å²) in [5.41, 5.74) is 4.38. The Kier molecular flexibility index (Phi) is 6.84. The average Bonchev–Trinajstić information content (AvgIpc) is 2.59. The first-order chi connectivity index (χ1) is 11.5. The second kappa shape index (κ2) is 8.86. The number of hydrogen-bond acceptors (Lipinski definition) is 5. The van der Waals surface area contributed by atoms with Gasteiger partial charge in [-0.1, -0.05) is 30.3 Å². The van der Waals surface area contributed by atoms with Gasteiger partial charge in [-0.15, -0.1) is 0 Å². The van der Waals surface area contributed by atoms with Crippen molar-refractivity contribution in [2.75, 3.05) is 7.11 Å². The van der Waals surface area contributed by atoms with Crippen molar-refractivity contribution in [2.45, 2.75) is 6.61 Å². The van der Waals surface area contributed by atoms with Crippen molar-refractivity contribution in [3.8, 4) is 5.75 Å². The lowest BCUT2D eigenvalue weighted by molar-refractivity contribution is -0.138. The van der Waals surface area contributed by atoms with E-state index in [1.54, 1.807) is 18.2 Å². The lowest BCUT2D eigenvalue weighted by atomic mass is 10.2. The van der Waals surface area contributed by atoms with E-state index in [9.17, 15) is 9.90 Å². The number of nitrogens with one attached hydrogen (secondary N) is 1. The zero-order valence-corrected chi connectivity index (χ0v) is 15.9. The van der Waals surface area contributed by atoms with Crippen LogP contribution in [0.3, 0.4) is 0 Å². The third-order valence-corrected chi connectivity index (χ3v) is 4.23. The van der Waals surface area contributed by atoms with Crippen molar-refractivity contribution in [1.82, 2.24) is 5.48 Å². The molecule has 0 saturated carbocycles. The van der Waals surface area contributed by atoms with Gasteiger partial charge in [0.05, 0.1) is 22.7 Å². The minimum absolute atomic E-state index is 0.0834. The molecule has 0 amide bonds. The summed E-state index contributed by atoms with van der Waals surface area (Å²) in [5.74, 6) is -0.483. The smallest absolute Gasteiger partial charge is 0.356 e. The Hall–Kier alpha value is -1.83. The van der Waals surface area contributed by atoms with E-state index in [4.69, 9.17) is 9.57 Å². The summed E-state index contributed by atoms with van der Waals surface area (Å²) < 4.78 is 5.74. The van der Waals surface area contributed by atoms with Gasteiger partial charge in [0.15, 0.2) is 0 Å². The summed E-state index contributed by atoms with van der Waals surface area (Å²) in [6.07, 6.45) is 1.56. The number of halogens is 2. The van der Waals surface area contributed by atoms with Crippen LogP contribution in [0.25, 0.3) is 6.08 Å². The summed E-state index contributed by atoms with van der Waals surface area (Å²) in [7, 11) is 1.29. The Morgan fingerprint density at radius 1 is 1.21 bits per heavy atom.